The first-order valence-corrected chi connectivity index (χ1v) is 7.41. The second-order valence-corrected chi connectivity index (χ2v) is 4.97. The molecule has 0 N–H and O–H groups in total. The Morgan fingerprint density at radius 2 is 1.29 bits per heavy atom. The van der Waals surface area contributed by atoms with Crippen molar-refractivity contribution in [2.45, 2.75) is 57.5 Å². The first-order chi connectivity index (χ1) is 10.1. The number of hydrogen-bond donors (Lipinski definition) is 0. The molecule has 0 rings (SSSR count). The first-order valence-electron chi connectivity index (χ1n) is 7.41. The maximum Gasteiger partial charge on any atom is 0.158 e. The Hall–Kier alpha value is -0.750. The van der Waals surface area contributed by atoms with E-state index in [2.05, 4.69) is 6.58 Å². The quantitative estimate of drug-likeness (QED) is 0.280. The van der Waals surface area contributed by atoms with Crippen LogP contribution in [0.25, 0.3) is 0 Å². The maximum absolute atomic E-state index is 11.9. The topological polar surface area (TPSA) is 54.0 Å². The molecule has 0 fully saturated rings. The monoisotopic (exact) mass is 302 g/mol. The highest BCUT2D eigenvalue weighted by molar-refractivity contribution is 5.94. The van der Waals surface area contributed by atoms with E-state index >= 15 is 0 Å². The van der Waals surface area contributed by atoms with Crippen LogP contribution in [-0.4, -0.2) is 46.8 Å². The summed E-state index contributed by atoms with van der Waals surface area (Å²) < 4.78 is 20.4. The predicted octanol–water partition coefficient (Wildman–Crippen LogP) is 3.08. The summed E-state index contributed by atoms with van der Waals surface area (Å²) in [4.78, 5) is 11.9. The molecule has 0 saturated carbocycles. The van der Waals surface area contributed by atoms with Gasteiger partial charge in [-0.3, -0.25) is 4.79 Å². The molecule has 0 aliphatic heterocycles. The van der Waals surface area contributed by atoms with Gasteiger partial charge in [-0.25, -0.2) is 0 Å². The third-order valence-electron chi connectivity index (χ3n) is 3.46. The fraction of sp³-hybridized carbons (Fsp3) is 0.812. The SMILES string of the molecule is C=C(CCCC(OC)OC)C(=O)CCCCC(OC)OC. The van der Waals surface area contributed by atoms with Crippen LogP contribution in [0.15, 0.2) is 12.2 Å². The van der Waals surface area contributed by atoms with E-state index in [0.29, 0.717) is 18.4 Å². The molecule has 0 aliphatic carbocycles. The second-order valence-electron chi connectivity index (χ2n) is 4.97. The Kier molecular flexibility index (Phi) is 12.5. The van der Waals surface area contributed by atoms with Crippen LogP contribution in [0.1, 0.15) is 44.9 Å². The maximum atomic E-state index is 11.9. The van der Waals surface area contributed by atoms with Crippen LogP contribution in [0.2, 0.25) is 0 Å². The molecule has 0 bridgehead atoms. The number of hydrogen-bond acceptors (Lipinski definition) is 5. The van der Waals surface area contributed by atoms with Crippen LogP contribution in [-0.2, 0) is 23.7 Å². The molecule has 0 heterocycles. The van der Waals surface area contributed by atoms with Crippen molar-refractivity contribution in [1.82, 2.24) is 0 Å². The molecule has 0 aromatic carbocycles. The van der Waals surface area contributed by atoms with Crippen molar-refractivity contribution in [3.8, 4) is 0 Å². The van der Waals surface area contributed by atoms with Gasteiger partial charge in [0.15, 0.2) is 18.4 Å². The van der Waals surface area contributed by atoms with Gasteiger partial charge >= 0.3 is 0 Å². The lowest BCUT2D eigenvalue weighted by Gasteiger charge is -2.13. The number of unbranched alkanes of at least 4 members (excludes halogenated alkanes) is 1. The van der Waals surface area contributed by atoms with E-state index in [-0.39, 0.29) is 18.4 Å². The molecule has 21 heavy (non-hydrogen) atoms. The van der Waals surface area contributed by atoms with Gasteiger partial charge < -0.3 is 18.9 Å². The van der Waals surface area contributed by atoms with E-state index in [1.165, 1.54) is 0 Å². The lowest BCUT2D eigenvalue weighted by atomic mass is 10.0. The molecule has 0 aliphatic rings. The molecule has 0 atom stereocenters. The van der Waals surface area contributed by atoms with Crippen molar-refractivity contribution in [2.75, 3.05) is 28.4 Å². The molecule has 0 radical (unpaired) electrons. The highest BCUT2D eigenvalue weighted by Gasteiger charge is 2.10. The minimum atomic E-state index is -0.201. The van der Waals surface area contributed by atoms with Crippen LogP contribution in [0.3, 0.4) is 0 Å². The fourth-order valence-electron chi connectivity index (χ4n) is 2.06. The minimum absolute atomic E-state index is 0.146. The summed E-state index contributed by atoms with van der Waals surface area (Å²) in [5.41, 5.74) is 0.691. The molecule has 0 unspecified atom stereocenters. The van der Waals surface area contributed by atoms with E-state index in [1.807, 2.05) is 0 Å². The zero-order chi connectivity index (χ0) is 16.1. The Balaban J connectivity index is 3.73. The van der Waals surface area contributed by atoms with Crippen molar-refractivity contribution < 1.29 is 23.7 Å². The zero-order valence-corrected chi connectivity index (χ0v) is 13.9. The number of carbonyl (C=O) groups is 1. The van der Waals surface area contributed by atoms with Gasteiger partial charge in [0, 0.05) is 34.9 Å². The van der Waals surface area contributed by atoms with Crippen LogP contribution >= 0.6 is 0 Å². The van der Waals surface area contributed by atoms with Crippen LogP contribution in [0, 0.1) is 0 Å². The van der Waals surface area contributed by atoms with Crippen molar-refractivity contribution in [2.24, 2.45) is 0 Å². The van der Waals surface area contributed by atoms with E-state index in [4.69, 9.17) is 18.9 Å². The number of carbonyl (C=O) groups excluding carboxylic acids is 1. The van der Waals surface area contributed by atoms with Gasteiger partial charge in [0.25, 0.3) is 0 Å². The molecule has 0 aromatic rings. The average Bonchev–Trinajstić information content (AvgIpc) is 2.51. The van der Waals surface area contributed by atoms with Crippen molar-refractivity contribution in [3.63, 3.8) is 0 Å². The highest BCUT2D eigenvalue weighted by atomic mass is 16.7. The van der Waals surface area contributed by atoms with Crippen LogP contribution < -0.4 is 0 Å². The van der Waals surface area contributed by atoms with Gasteiger partial charge in [-0.1, -0.05) is 6.58 Å². The van der Waals surface area contributed by atoms with Gasteiger partial charge in [0.1, 0.15) is 0 Å². The minimum Gasteiger partial charge on any atom is -0.356 e. The lowest BCUT2D eigenvalue weighted by molar-refractivity contribution is -0.117. The van der Waals surface area contributed by atoms with E-state index < -0.39 is 0 Å². The number of ketones is 1. The molecule has 0 aromatic heterocycles. The number of Topliss-reactive ketones (excluding diaryl/α,β-unsaturated/α-hetero) is 1. The molecule has 124 valence electrons. The summed E-state index contributed by atoms with van der Waals surface area (Å²) >= 11 is 0. The molecular weight excluding hydrogens is 272 g/mol. The van der Waals surface area contributed by atoms with E-state index in [0.717, 1.165) is 32.1 Å². The number of rotatable bonds is 14. The lowest BCUT2D eigenvalue weighted by Crippen LogP contribution is -2.13. The zero-order valence-electron chi connectivity index (χ0n) is 13.9. The van der Waals surface area contributed by atoms with Gasteiger partial charge in [-0.15, -0.1) is 0 Å². The summed E-state index contributed by atoms with van der Waals surface area (Å²) in [6, 6.07) is 0. The molecule has 0 spiro atoms. The van der Waals surface area contributed by atoms with Gasteiger partial charge in [0.05, 0.1) is 0 Å². The Labute approximate surface area is 128 Å². The Morgan fingerprint density at radius 1 is 0.810 bits per heavy atom. The molecule has 5 nitrogen and oxygen atoms in total. The molecule has 0 saturated heterocycles. The summed E-state index contributed by atoms with van der Waals surface area (Å²) in [5, 5.41) is 0. The Morgan fingerprint density at radius 3 is 1.76 bits per heavy atom. The summed E-state index contributed by atoms with van der Waals surface area (Å²) in [6.45, 7) is 3.87. The third kappa shape index (κ3) is 9.74. The van der Waals surface area contributed by atoms with Gasteiger partial charge in [-0.05, 0) is 44.1 Å². The van der Waals surface area contributed by atoms with E-state index in [1.54, 1.807) is 28.4 Å². The van der Waals surface area contributed by atoms with Crippen LogP contribution in [0.5, 0.6) is 0 Å². The van der Waals surface area contributed by atoms with Crippen molar-refractivity contribution in [3.05, 3.63) is 12.2 Å². The van der Waals surface area contributed by atoms with Gasteiger partial charge in [-0.2, -0.15) is 0 Å². The average molecular weight is 302 g/mol. The predicted molar refractivity (Wildman–Crippen MR) is 82.1 cm³/mol. The normalized spacial score (nSPS) is 11.3. The number of ether oxygens (including phenoxy) is 4. The first kappa shape index (κ1) is 20.2. The molecule has 5 heteroatoms. The fourth-order valence-corrected chi connectivity index (χ4v) is 2.06. The van der Waals surface area contributed by atoms with Crippen molar-refractivity contribution in [1.29, 1.82) is 0 Å². The largest absolute Gasteiger partial charge is 0.356 e. The Bertz CT molecular complexity index is 282. The summed E-state index contributed by atoms with van der Waals surface area (Å²) in [5.74, 6) is 0.146. The number of allylic oxidation sites excluding steroid dienone is 1. The third-order valence-corrected chi connectivity index (χ3v) is 3.46. The standard InChI is InChI=1S/C16H30O5/c1-13(9-8-12-16(20-4)21-5)14(17)10-6-7-11-15(18-2)19-3/h15-16H,1,6-12H2,2-5H3. The highest BCUT2D eigenvalue weighted by Crippen LogP contribution is 2.14. The summed E-state index contributed by atoms with van der Waals surface area (Å²) in [7, 11) is 6.46. The van der Waals surface area contributed by atoms with Crippen LogP contribution in [0.4, 0.5) is 0 Å². The second kappa shape index (κ2) is 13.0. The number of methoxy groups -OCH3 is 4. The smallest absolute Gasteiger partial charge is 0.158 e. The van der Waals surface area contributed by atoms with Gasteiger partial charge in [0.2, 0.25) is 0 Å². The molecular formula is C16H30O5. The van der Waals surface area contributed by atoms with E-state index in [9.17, 15) is 4.79 Å². The van der Waals surface area contributed by atoms with Crippen molar-refractivity contribution >= 4 is 5.78 Å². The summed E-state index contributed by atoms with van der Waals surface area (Å²) in [6.07, 6.45) is 5.00. The molecule has 0 amide bonds.